The van der Waals surface area contributed by atoms with Gasteiger partial charge in [0.15, 0.2) is 11.3 Å². The third-order valence-electron chi connectivity index (χ3n) is 3.66. The van der Waals surface area contributed by atoms with Gasteiger partial charge in [-0.3, -0.25) is 0 Å². The fraction of sp³-hybridized carbons (Fsp3) is 0.353. The number of aryl methyl sites for hydroxylation is 2. The lowest BCUT2D eigenvalue weighted by atomic mass is 10.1. The predicted molar refractivity (Wildman–Crippen MR) is 85.8 cm³/mol. The van der Waals surface area contributed by atoms with Gasteiger partial charge in [0.2, 0.25) is 0 Å². The number of nitrogens with zero attached hydrogens (tertiary/aromatic N) is 1. The van der Waals surface area contributed by atoms with Gasteiger partial charge in [-0.1, -0.05) is 0 Å². The predicted octanol–water partition coefficient (Wildman–Crippen LogP) is 3.10. The first kappa shape index (κ1) is 14.7. The minimum atomic E-state index is -0.323. The molecule has 0 amide bonds. The van der Waals surface area contributed by atoms with Gasteiger partial charge in [-0.15, -0.1) is 0 Å². The summed E-state index contributed by atoms with van der Waals surface area (Å²) in [6.07, 6.45) is 1.66. The number of ether oxygens (including phenoxy) is 1. The highest BCUT2D eigenvalue weighted by molar-refractivity contribution is 6.06. The largest absolute Gasteiger partial charge is 0.488 e. The molecule has 2 heterocycles. The second-order valence-corrected chi connectivity index (χ2v) is 5.78. The van der Waals surface area contributed by atoms with Crippen molar-refractivity contribution in [1.29, 1.82) is 0 Å². The SMILES string of the molecule is Cc1cc2cc(OCCN(C)C)c3occ(C)c3c2oc1=O. The van der Waals surface area contributed by atoms with Gasteiger partial charge in [0, 0.05) is 17.5 Å². The van der Waals surface area contributed by atoms with Crippen LogP contribution in [0.2, 0.25) is 0 Å². The maximum absolute atomic E-state index is 11.8. The second kappa shape index (κ2) is 5.50. The van der Waals surface area contributed by atoms with Crippen molar-refractivity contribution in [2.45, 2.75) is 13.8 Å². The van der Waals surface area contributed by atoms with Crippen LogP contribution in [0.15, 0.2) is 32.0 Å². The Kier molecular flexibility index (Phi) is 3.66. The molecule has 0 aliphatic carbocycles. The van der Waals surface area contributed by atoms with Gasteiger partial charge in [0.1, 0.15) is 12.2 Å². The molecule has 3 rings (SSSR count). The first-order valence-electron chi connectivity index (χ1n) is 7.20. The molecule has 0 aliphatic heterocycles. The Bertz CT molecular complexity index is 889. The van der Waals surface area contributed by atoms with E-state index in [2.05, 4.69) is 4.90 Å². The smallest absolute Gasteiger partial charge is 0.339 e. The fourth-order valence-corrected chi connectivity index (χ4v) is 2.45. The van der Waals surface area contributed by atoms with Crippen LogP contribution in [-0.2, 0) is 0 Å². The van der Waals surface area contributed by atoms with E-state index in [4.69, 9.17) is 13.6 Å². The zero-order valence-corrected chi connectivity index (χ0v) is 13.2. The molecule has 0 atom stereocenters. The van der Waals surface area contributed by atoms with Crippen LogP contribution in [0, 0.1) is 13.8 Å². The van der Waals surface area contributed by atoms with Crippen LogP contribution in [0.4, 0.5) is 0 Å². The monoisotopic (exact) mass is 301 g/mol. The van der Waals surface area contributed by atoms with Crippen LogP contribution in [0.25, 0.3) is 21.9 Å². The van der Waals surface area contributed by atoms with E-state index >= 15 is 0 Å². The first-order valence-corrected chi connectivity index (χ1v) is 7.20. The topological polar surface area (TPSA) is 55.8 Å². The molecule has 0 saturated carbocycles. The Balaban J connectivity index is 2.19. The molecule has 0 fully saturated rings. The molecule has 1 aromatic carbocycles. The number of furan rings is 1. The zero-order valence-electron chi connectivity index (χ0n) is 13.2. The third kappa shape index (κ3) is 2.48. The molecule has 5 nitrogen and oxygen atoms in total. The van der Waals surface area contributed by atoms with Crippen molar-refractivity contribution < 1.29 is 13.6 Å². The Morgan fingerprint density at radius 2 is 1.91 bits per heavy atom. The molecular formula is C17H19NO4. The lowest BCUT2D eigenvalue weighted by Gasteiger charge is -2.12. The van der Waals surface area contributed by atoms with E-state index in [0.717, 1.165) is 22.9 Å². The number of rotatable bonds is 4. The molecule has 2 aromatic heterocycles. The Morgan fingerprint density at radius 1 is 1.14 bits per heavy atom. The summed E-state index contributed by atoms with van der Waals surface area (Å²) in [6, 6.07) is 3.69. The first-order chi connectivity index (χ1) is 10.5. The van der Waals surface area contributed by atoms with Gasteiger partial charge in [-0.05, 0) is 45.6 Å². The van der Waals surface area contributed by atoms with E-state index < -0.39 is 0 Å². The normalized spacial score (nSPS) is 11.7. The molecule has 0 saturated heterocycles. The zero-order chi connectivity index (χ0) is 15.9. The molecule has 5 heteroatoms. The van der Waals surface area contributed by atoms with Crippen molar-refractivity contribution in [3.8, 4) is 5.75 Å². The molecule has 116 valence electrons. The van der Waals surface area contributed by atoms with Gasteiger partial charge in [0.25, 0.3) is 0 Å². The highest BCUT2D eigenvalue weighted by atomic mass is 16.5. The van der Waals surface area contributed by atoms with Gasteiger partial charge in [-0.25, -0.2) is 4.79 Å². The van der Waals surface area contributed by atoms with Crippen molar-refractivity contribution in [2.24, 2.45) is 0 Å². The van der Waals surface area contributed by atoms with Crippen LogP contribution in [0.5, 0.6) is 5.75 Å². The summed E-state index contributed by atoms with van der Waals surface area (Å²) in [7, 11) is 3.99. The van der Waals surface area contributed by atoms with Crippen LogP contribution in [0.3, 0.4) is 0 Å². The van der Waals surface area contributed by atoms with E-state index in [1.807, 2.05) is 33.2 Å². The lowest BCUT2D eigenvalue weighted by molar-refractivity contribution is 0.261. The van der Waals surface area contributed by atoms with Crippen LogP contribution in [-0.4, -0.2) is 32.1 Å². The summed E-state index contributed by atoms with van der Waals surface area (Å²) in [6.45, 7) is 5.03. The average Bonchev–Trinajstić information content (AvgIpc) is 2.83. The van der Waals surface area contributed by atoms with Crippen LogP contribution >= 0.6 is 0 Å². The maximum atomic E-state index is 11.8. The summed E-state index contributed by atoms with van der Waals surface area (Å²) in [5, 5.41) is 1.64. The van der Waals surface area contributed by atoms with Crippen LogP contribution < -0.4 is 10.4 Å². The van der Waals surface area contributed by atoms with E-state index in [1.165, 1.54) is 0 Å². The molecular weight excluding hydrogens is 282 g/mol. The number of hydrogen-bond acceptors (Lipinski definition) is 5. The highest BCUT2D eigenvalue weighted by Gasteiger charge is 2.16. The van der Waals surface area contributed by atoms with Crippen molar-refractivity contribution in [1.82, 2.24) is 4.90 Å². The van der Waals surface area contributed by atoms with Crippen molar-refractivity contribution in [3.63, 3.8) is 0 Å². The number of fused-ring (bicyclic) bond motifs is 3. The molecule has 3 aromatic rings. The number of benzene rings is 1. The highest BCUT2D eigenvalue weighted by Crippen LogP contribution is 2.36. The maximum Gasteiger partial charge on any atom is 0.339 e. The summed E-state index contributed by atoms with van der Waals surface area (Å²) in [5.74, 6) is 0.672. The van der Waals surface area contributed by atoms with E-state index in [1.54, 1.807) is 13.2 Å². The van der Waals surface area contributed by atoms with Crippen molar-refractivity contribution in [2.75, 3.05) is 27.2 Å². The van der Waals surface area contributed by atoms with E-state index in [-0.39, 0.29) is 5.63 Å². The molecule has 0 bridgehead atoms. The minimum Gasteiger partial charge on any atom is -0.488 e. The van der Waals surface area contributed by atoms with E-state index in [0.29, 0.717) is 29.1 Å². The second-order valence-electron chi connectivity index (χ2n) is 5.78. The van der Waals surface area contributed by atoms with Crippen molar-refractivity contribution in [3.05, 3.63) is 39.9 Å². The molecule has 22 heavy (non-hydrogen) atoms. The van der Waals surface area contributed by atoms with Crippen LogP contribution in [0.1, 0.15) is 11.1 Å². The fourth-order valence-electron chi connectivity index (χ4n) is 2.45. The molecule has 0 aliphatic rings. The number of hydrogen-bond donors (Lipinski definition) is 0. The van der Waals surface area contributed by atoms with Gasteiger partial charge in [0.05, 0.1) is 11.6 Å². The summed E-state index contributed by atoms with van der Waals surface area (Å²) < 4.78 is 16.9. The summed E-state index contributed by atoms with van der Waals surface area (Å²) in [5.41, 5.74) is 2.35. The van der Waals surface area contributed by atoms with E-state index in [9.17, 15) is 4.79 Å². The lowest BCUT2D eigenvalue weighted by Crippen LogP contribution is -2.19. The van der Waals surface area contributed by atoms with Gasteiger partial charge in [-0.2, -0.15) is 0 Å². The third-order valence-corrected chi connectivity index (χ3v) is 3.66. The summed E-state index contributed by atoms with van der Waals surface area (Å²) >= 11 is 0. The van der Waals surface area contributed by atoms with Gasteiger partial charge < -0.3 is 18.5 Å². The van der Waals surface area contributed by atoms with Crippen molar-refractivity contribution >= 4 is 21.9 Å². The molecule has 0 spiro atoms. The number of likely N-dealkylation sites (N-methyl/N-ethyl adjacent to an activating group) is 1. The Morgan fingerprint density at radius 3 is 2.64 bits per heavy atom. The molecule has 0 radical (unpaired) electrons. The minimum absolute atomic E-state index is 0.323. The summed E-state index contributed by atoms with van der Waals surface area (Å²) in [4.78, 5) is 13.9. The Labute approximate surface area is 128 Å². The average molecular weight is 301 g/mol. The quantitative estimate of drug-likeness (QED) is 0.693. The Hall–Kier alpha value is -2.27. The molecule has 0 unspecified atom stereocenters. The molecule has 0 N–H and O–H groups in total. The standard InChI is InChI=1S/C17H19NO4/c1-10-7-12-8-13(20-6-5-18(3)4)16-14(11(2)9-21-16)15(12)22-17(10)19/h7-9H,5-6H2,1-4H3. The van der Waals surface area contributed by atoms with Gasteiger partial charge >= 0.3 is 5.63 Å².